The fraction of sp³-hybridized carbons (Fsp3) is 0.800. The molecule has 1 heterocycles. The van der Waals surface area contributed by atoms with Gasteiger partial charge in [0.2, 0.25) is 8.32 Å². The lowest BCUT2D eigenvalue weighted by Gasteiger charge is -2.50. The third kappa shape index (κ3) is 6.98. The van der Waals surface area contributed by atoms with Gasteiger partial charge in [-0.05, 0) is 45.4 Å². The van der Waals surface area contributed by atoms with E-state index in [2.05, 4.69) is 95.2 Å². The quantitative estimate of drug-likeness (QED) is 0.229. The molecule has 38 heavy (non-hydrogen) atoms. The number of benzene rings is 1. The zero-order valence-corrected chi connectivity index (χ0v) is 28.8. The number of ether oxygens (including phenoxy) is 1. The molecule has 0 aliphatic carbocycles. The maximum Gasteiger partial charge on any atom is 0.201 e. The molecule has 1 aliphatic heterocycles. The monoisotopic (exact) mass is 584 g/mol. The average Bonchev–Trinajstić information content (AvgIpc) is 2.81. The van der Waals surface area contributed by atoms with E-state index in [1.54, 1.807) is 11.8 Å². The fourth-order valence-electron chi connectivity index (χ4n) is 7.27. The van der Waals surface area contributed by atoms with Gasteiger partial charge in [0.1, 0.15) is 29.9 Å². The molecule has 0 bridgehead atoms. The molecular formula is C30H56O5SSi2. The molecule has 2 N–H and O–H groups in total. The number of thioether (sulfide) groups is 1. The topological polar surface area (TPSA) is 68.2 Å². The number of aliphatic hydroxyl groups is 2. The second-order valence-electron chi connectivity index (χ2n) is 13.0. The van der Waals surface area contributed by atoms with Crippen molar-refractivity contribution in [2.24, 2.45) is 0 Å². The Bertz CT molecular complexity index is 788. The first-order valence-corrected chi connectivity index (χ1v) is 19.8. The van der Waals surface area contributed by atoms with Gasteiger partial charge in [0.05, 0.1) is 6.61 Å². The van der Waals surface area contributed by atoms with Gasteiger partial charge in [0.15, 0.2) is 8.32 Å². The molecule has 5 atom stereocenters. The molecule has 220 valence electrons. The second-order valence-corrected chi connectivity index (χ2v) is 25.0. The third-order valence-electron chi connectivity index (χ3n) is 8.89. The number of aliphatic hydroxyl groups excluding tert-OH is 2. The maximum absolute atomic E-state index is 11.6. The summed E-state index contributed by atoms with van der Waals surface area (Å²) in [6, 6.07) is 10.1. The minimum absolute atomic E-state index is 0.276. The Kier molecular flexibility index (Phi) is 12.6. The normalized spacial score (nSPS) is 25.5. The molecule has 0 spiro atoms. The molecule has 0 aromatic heterocycles. The van der Waals surface area contributed by atoms with Crippen LogP contribution in [0.15, 0.2) is 35.2 Å². The van der Waals surface area contributed by atoms with Crippen molar-refractivity contribution in [1.82, 2.24) is 0 Å². The summed E-state index contributed by atoms with van der Waals surface area (Å²) in [5.41, 5.74) is 1.87. The number of rotatable bonds is 13. The highest BCUT2D eigenvalue weighted by Crippen LogP contribution is 2.47. The first-order valence-electron chi connectivity index (χ1n) is 14.7. The molecule has 1 saturated heterocycles. The number of hydrogen-bond donors (Lipinski definition) is 2. The standard InChI is InChI=1S/C30H56O5SSi2/c1-19(2)37(20(3)4,21(5)6)33-18-26-27(31)28(32)29(30(34-26)36-25-16-14-13-15-17-25)35-38(22(7)8,23(9)10)24(11)12/h13-17,19-24,26-32H,18H2,1-12H3/t26-,27-,28+,29-,30-/m1/s1. The van der Waals surface area contributed by atoms with E-state index in [0.29, 0.717) is 33.2 Å². The van der Waals surface area contributed by atoms with Crippen LogP contribution < -0.4 is 0 Å². The van der Waals surface area contributed by atoms with Crippen molar-refractivity contribution in [3.8, 4) is 0 Å². The van der Waals surface area contributed by atoms with Crippen LogP contribution in [0, 0.1) is 0 Å². The summed E-state index contributed by atoms with van der Waals surface area (Å²) >= 11 is 1.57. The highest BCUT2D eigenvalue weighted by molar-refractivity contribution is 7.99. The van der Waals surface area contributed by atoms with Gasteiger partial charge in [-0.25, -0.2) is 0 Å². The van der Waals surface area contributed by atoms with Crippen molar-refractivity contribution in [1.29, 1.82) is 0 Å². The summed E-state index contributed by atoms with van der Waals surface area (Å²) in [6.45, 7) is 27.2. The van der Waals surface area contributed by atoms with Crippen LogP contribution in [0.5, 0.6) is 0 Å². The van der Waals surface area contributed by atoms with E-state index in [1.807, 2.05) is 18.2 Å². The largest absolute Gasteiger partial charge is 0.413 e. The van der Waals surface area contributed by atoms with Crippen LogP contribution in [0.25, 0.3) is 0 Å². The van der Waals surface area contributed by atoms with E-state index in [-0.39, 0.29) is 6.61 Å². The van der Waals surface area contributed by atoms with Gasteiger partial charge in [-0.3, -0.25) is 0 Å². The first-order chi connectivity index (χ1) is 17.6. The van der Waals surface area contributed by atoms with Gasteiger partial charge >= 0.3 is 0 Å². The van der Waals surface area contributed by atoms with Crippen LogP contribution in [0.1, 0.15) is 83.1 Å². The van der Waals surface area contributed by atoms with E-state index in [1.165, 1.54) is 0 Å². The first kappa shape index (κ1) is 34.0. The summed E-state index contributed by atoms with van der Waals surface area (Å²) in [5, 5.41) is 23.0. The lowest BCUT2D eigenvalue weighted by Crippen LogP contribution is -2.63. The van der Waals surface area contributed by atoms with Crippen LogP contribution in [-0.4, -0.2) is 63.3 Å². The van der Waals surface area contributed by atoms with Crippen molar-refractivity contribution >= 4 is 28.4 Å². The SMILES string of the molecule is CC(C)[Si](OC[C@H]1O[C@H](Sc2ccccc2)[C@H](O[Si](C(C)C)(C(C)C)C(C)C)[C@@H](O)[C@@H]1O)(C(C)C)C(C)C. The molecule has 1 fully saturated rings. The zero-order valence-electron chi connectivity index (χ0n) is 26.0. The Balaban J connectivity index is 2.44. The van der Waals surface area contributed by atoms with Crippen molar-refractivity contribution in [3.05, 3.63) is 30.3 Å². The molecule has 5 nitrogen and oxygen atoms in total. The Hall–Kier alpha value is -0.196. The van der Waals surface area contributed by atoms with Crippen molar-refractivity contribution in [2.75, 3.05) is 6.61 Å². The van der Waals surface area contributed by atoms with Gasteiger partial charge in [-0.2, -0.15) is 0 Å². The Morgan fingerprint density at radius 1 is 0.711 bits per heavy atom. The molecule has 0 radical (unpaired) electrons. The minimum Gasteiger partial charge on any atom is -0.413 e. The number of hydrogen-bond acceptors (Lipinski definition) is 6. The molecule has 1 aromatic rings. The van der Waals surface area contributed by atoms with E-state index >= 15 is 0 Å². The fourth-order valence-corrected chi connectivity index (χ4v) is 19.5. The zero-order chi connectivity index (χ0) is 29.0. The van der Waals surface area contributed by atoms with Crippen molar-refractivity contribution in [2.45, 2.75) is 151 Å². The van der Waals surface area contributed by atoms with Gasteiger partial charge in [-0.15, -0.1) is 0 Å². The summed E-state index contributed by atoms with van der Waals surface area (Å²) in [5.74, 6) is 0. The van der Waals surface area contributed by atoms with Crippen LogP contribution in [0.3, 0.4) is 0 Å². The van der Waals surface area contributed by atoms with Crippen LogP contribution in [0.2, 0.25) is 33.2 Å². The smallest absolute Gasteiger partial charge is 0.201 e. The van der Waals surface area contributed by atoms with E-state index < -0.39 is 46.5 Å². The lowest BCUT2D eigenvalue weighted by atomic mass is 10.0. The maximum atomic E-state index is 11.6. The lowest BCUT2D eigenvalue weighted by molar-refractivity contribution is -0.201. The average molecular weight is 585 g/mol. The van der Waals surface area contributed by atoms with Gasteiger partial charge in [0, 0.05) is 4.90 Å². The predicted octanol–water partition coefficient (Wildman–Crippen LogP) is 7.98. The molecule has 0 saturated carbocycles. The molecule has 8 heteroatoms. The highest BCUT2D eigenvalue weighted by atomic mass is 32.2. The Labute approximate surface area is 239 Å². The molecule has 1 aliphatic rings. The highest BCUT2D eigenvalue weighted by Gasteiger charge is 2.54. The Morgan fingerprint density at radius 3 is 1.58 bits per heavy atom. The van der Waals surface area contributed by atoms with E-state index in [4.69, 9.17) is 13.6 Å². The second kappa shape index (κ2) is 14.1. The Morgan fingerprint density at radius 2 is 1.16 bits per heavy atom. The summed E-state index contributed by atoms with van der Waals surface area (Å²) in [7, 11) is -4.51. The third-order valence-corrected chi connectivity index (χ3v) is 22.2. The van der Waals surface area contributed by atoms with E-state index in [0.717, 1.165) is 4.90 Å². The van der Waals surface area contributed by atoms with Gasteiger partial charge < -0.3 is 23.8 Å². The molecule has 0 unspecified atom stereocenters. The summed E-state index contributed by atoms with van der Waals surface area (Å²) < 4.78 is 20.6. The van der Waals surface area contributed by atoms with Crippen LogP contribution in [0.4, 0.5) is 0 Å². The van der Waals surface area contributed by atoms with Crippen LogP contribution in [-0.2, 0) is 13.6 Å². The summed E-state index contributed by atoms with van der Waals surface area (Å²) in [6.07, 6.45) is -3.39. The van der Waals surface area contributed by atoms with Crippen molar-refractivity contribution in [3.63, 3.8) is 0 Å². The van der Waals surface area contributed by atoms with Crippen molar-refractivity contribution < 1.29 is 23.8 Å². The van der Waals surface area contributed by atoms with Gasteiger partial charge in [-0.1, -0.05) is 113 Å². The molecule has 2 rings (SSSR count). The molecule has 0 amide bonds. The minimum atomic E-state index is -2.35. The van der Waals surface area contributed by atoms with E-state index in [9.17, 15) is 10.2 Å². The van der Waals surface area contributed by atoms with Gasteiger partial charge in [0.25, 0.3) is 0 Å². The molecular weight excluding hydrogens is 529 g/mol. The predicted molar refractivity (Wildman–Crippen MR) is 166 cm³/mol. The summed E-state index contributed by atoms with van der Waals surface area (Å²) in [4.78, 5) is 1.05. The molecule has 1 aromatic carbocycles. The van der Waals surface area contributed by atoms with Crippen LogP contribution >= 0.6 is 11.8 Å².